The van der Waals surface area contributed by atoms with Crippen LogP contribution in [-0.4, -0.2) is 34.7 Å². The molecule has 0 bridgehead atoms. The molecule has 1 atom stereocenters. The minimum Gasteiger partial charge on any atom is -0.357 e. The predicted molar refractivity (Wildman–Crippen MR) is 133 cm³/mol. The molecule has 2 aromatic rings. The first-order valence-corrected chi connectivity index (χ1v) is 10.5. The second-order valence-electron chi connectivity index (χ2n) is 7.32. The van der Waals surface area contributed by atoms with Gasteiger partial charge in [-0.05, 0) is 31.4 Å². The second-order valence-corrected chi connectivity index (χ2v) is 7.32. The molecule has 0 radical (unpaired) electrons. The molecule has 0 aliphatic carbocycles. The summed E-state index contributed by atoms with van der Waals surface area (Å²) >= 11 is 0. The third-order valence-electron chi connectivity index (χ3n) is 5.39. The normalized spacial score (nSPS) is 15.8. The molecule has 2 heterocycles. The number of aliphatic imine (C=N–C) groups is 1. The first-order chi connectivity index (χ1) is 14.1. The van der Waals surface area contributed by atoms with Crippen LogP contribution >= 0.6 is 24.0 Å². The van der Waals surface area contributed by atoms with Crippen LogP contribution in [0.15, 0.2) is 29.3 Å². The summed E-state index contributed by atoms with van der Waals surface area (Å²) < 4.78 is 1.97. The fourth-order valence-corrected chi connectivity index (χ4v) is 3.98. The van der Waals surface area contributed by atoms with Crippen molar-refractivity contribution < 1.29 is 4.79 Å². The predicted octanol–water partition coefficient (Wildman–Crippen LogP) is 3.34. The average molecular weight is 524 g/mol. The van der Waals surface area contributed by atoms with Crippen molar-refractivity contribution in [1.29, 1.82) is 0 Å². The zero-order valence-electron chi connectivity index (χ0n) is 18.3. The van der Waals surface area contributed by atoms with Crippen LogP contribution in [0.2, 0.25) is 0 Å². The fourth-order valence-electron chi connectivity index (χ4n) is 3.98. The third kappa shape index (κ3) is 5.53. The smallest absolute Gasteiger partial charge is 0.225 e. The van der Waals surface area contributed by atoms with Crippen molar-refractivity contribution in [3.63, 3.8) is 0 Å². The van der Waals surface area contributed by atoms with E-state index in [2.05, 4.69) is 47.9 Å². The van der Waals surface area contributed by atoms with Gasteiger partial charge in [0, 0.05) is 49.4 Å². The lowest BCUT2D eigenvalue weighted by molar-refractivity contribution is -0.116. The molecule has 1 amide bonds. The largest absolute Gasteiger partial charge is 0.357 e. The van der Waals surface area contributed by atoms with Crippen LogP contribution in [0, 0.1) is 0 Å². The minimum absolute atomic E-state index is 0. The Hall–Kier alpha value is -2.10. The summed E-state index contributed by atoms with van der Waals surface area (Å²) in [6, 6.07) is 8.01. The summed E-state index contributed by atoms with van der Waals surface area (Å²) in [5.41, 5.74) is 5.65. The number of halogens is 1. The quantitative estimate of drug-likeness (QED) is 0.295. The number of hydrogen-bond donors (Lipinski definition) is 3. The molecule has 0 fully saturated rings. The molecule has 1 aliphatic heterocycles. The van der Waals surface area contributed by atoms with Crippen molar-refractivity contribution in [2.45, 2.75) is 52.5 Å². The van der Waals surface area contributed by atoms with E-state index in [0.29, 0.717) is 19.5 Å². The van der Waals surface area contributed by atoms with Gasteiger partial charge in [0.1, 0.15) is 0 Å². The maximum absolute atomic E-state index is 12.1. The Morgan fingerprint density at radius 2 is 2.00 bits per heavy atom. The van der Waals surface area contributed by atoms with Gasteiger partial charge in [-0.25, -0.2) is 4.99 Å². The number of amides is 1. The second kappa shape index (κ2) is 11.3. The van der Waals surface area contributed by atoms with Crippen molar-refractivity contribution in [1.82, 2.24) is 20.4 Å². The van der Waals surface area contributed by atoms with Crippen molar-refractivity contribution >= 4 is 41.5 Å². The molecule has 8 heteroatoms. The maximum Gasteiger partial charge on any atom is 0.225 e. The van der Waals surface area contributed by atoms with Gasteiger partial charge >= 0.3 is 0 Å². The molecule has 0 saturated heterocycles. The summed E-state index contributed by atoms with van der Waals surface area (Å²) in [7, 11) is 2.00. The lowest BCUT2D eigenvalue weighted by Crippen LogP contribution is -2.40. The first-order valence-electron chi connectivity index (χ1n) is 10.5. The minimum atomic E-state index is 0. The van der Waals surface area contributed by atoms with E-state index in [4.69, 9.17) is 4.99 Å². The van der Waals surface area contributed by atoms with Gasteiger partial charge in [-0.15, -0.1) is 24.0 Å². The molecule has 3 N–H and O–H groups in total. The van der Waals surface area contributed by atoms with E-state index >= 15 is 0 Å². The van der Waals surface area contributed by atoms with Crippen molar-refractivity contribution in [2.24, 2.45) is 12.0 Å². The van der Waals surface area contributed by atoms with Crippen LogP contribution in [-0.2, 0) is 31.2 Å². The van der Waals surface area contributed by atoms with Crippen LogP contribution in [0.25, 0.3) is 0 Å². The molecule has 1 unspecified atom stereocenters. The highest BCUT2D eigenvalue weighted by atomic mass is 127. The Morgan fingerprint density at radius 3 is 2.70 bits per heavy atom. The molecule has 0 saturated carbocycles. The topological polar surface area (TPSA) is 83.3 Å². The molecule has 1 aliphatic rings. The van der Waals surface area contributed by atoms with Gasteiger partial charge in [-0.2, -0.15) is 5.10 Å². The van der Waals surface area contributed by atoms with E-state index < -0.39 is 0 Å². The summed E-state index contributed by atoms with van der Waals surface area (Å²) in [4.78, 5) is 16.9. The number of hydrogen-bond acceptors (Lipinski definition) is 3. The van der Waals surface area contributed by atoms with Gasteiger partial charge < -0.3 is 16.0 Å². The number of aryl methyl sites for hydroxylation is 2. The van der Waals surface area contributed by atoms with Crippen LogP contribution in [0.5, 0.6) is 0 Å². The van der Waals surface area contributed by atoms with Gasteiger partial charge in [-0.3, -0.25) is 9.48 Å². The Balaban J connectivity index is 0.00000320. The van der Waals surface area contributed by atoms with E-state index in [1.54, 1.807) is 0 Å². The van der Waals surface area contributed by atoms with Crippen molar-refractivity contribution in [3.8, 4) is 0 Å². The number of benzene rings is 1. The summed E-state index contributed by atoms with van der Waals surface area (Å²) in [6.07, 6.45) is 2.31. The molecule has 3 rings (SSSR count). The van der Waals surface area contributed by atoms with Gasteiger partial charge in [0.15, 0.2) is 5.96 Å². The van der Waals surface area contributed by atoms with Crippen molar-refractivity contribution in [3.05, 3.63) is 46.8 Å². The van der Waals surface area contributed by atoms with E-state index in [1.165, 1.54) is 16.8 Å². The number of anilines is 1. The molecule has 1 aromatic heterocycles. The number of nitrogens with zero attached hydrogens (tertiary/aromatic N) is 3. The van der Waals surface area contributed by atoms with Crippen LogP contribution in [0.3, 0.4) is 0 Å². The number of nitrogens with one attached hydrogen (secondary N) is 3. The van der Waals surface area contributed by atoms with Crippen molar-refractivity contribution in [2.75, 3.05) is 18.4 Å². The first kappa shape index (κ1) is 24.2. The Bertz CT molecular complexity index is 892. The lowest BCUT2D eigenvalue weighted by Gasteiger charge is -2.26. The molecular formula is C22H33IN6O. The Labute approximate surface area is 196 Å². The number of carbonyl (C=O) groups excluding carboxylic acids is 1. The summed E-state index contributed by atoms with van der Waals surface area (Å²) in [5, 5.41) is 14.3. The zero-order chi connectivity index (χ0) is 20.8. The monoisotopic (exact) mass is 524 g/mol. The summed E-state index contributed by atoms with van der Waals surface area (Å²) in [5.74, 6) is 0.955. The number of fused-ring (bicyclic) bond motifs is 1. The van der Waals surface area contributed by atoms with Crippen LogP contribution in [0.1, 0.15) is 55.6 Å². The van der Waals surface area contributed by atoms with Gasteiger partial charge in [-0.1, -0.05) is 32.0 Å². The number of carbonyl (C=O) groups is 1. The Morgan fingerprint density at radius 1 is 1.23 bits per heavy atom. The maximum atomic E-state index is 12.1. The zero-order valence-corrected chi connectivity index (χ0v) is 20.6. The molecular weight excluding hydrogens is 491 g/mol. The van der Waals surface area contributed by atoms with Crippen LogP contribution in [0.4, 0.5) is 5.69 Å². The van der Waals surface area contributed by atoms with E-state index in [9.17, 15) is 4.79 Å². The number of aromatic nitrogens is 2. The highest BCUT2D eigenvalue weighted by molar-refractivity contribution is 14.0. The molecule has 7 nitrogen and oxygen atoms in total. The highest BCUT2D eigenvalue weighted by Crippen LogP contribution is 2.31. The number of rotatable bonds is 7. The molecule has 0 spiro atoms. The summed E-state index contributed by atoms with van der Waals surface area (Å²) in [6.45, 7) is 8.37. The number of guanidine groups is 1. The SMILES string of the molecule is CCNC(=NCc1c(CC)nn(C)c1CC)NCC1CC(=O)Nc2ccccc21.I. The van der Waals surface area contributed by atoms with Gasteiger partial charge in [0.2, 0.25) is 5.91 Å². The number of para-hydroxylation sites is 1. The standard InChI is InChI=1S/C22H32N6O.HI/c1-5-18-17(20(6-2)28(4)27-18)14-25-22(23-7-3)24-13-15-12-21(29)26-19-11-9-8-10-16(15)19;/h8-11,15H,5-7,12-14H2,1-4H3,(H,26,29)(H2,23,24,25);1H. The molecule has 30 heavy (non-hydrogen) atoms. The van der Waals surface area contributed by atoms with E-state index in [1.807, 2.05) is 29.9 Å². The van der Waals surface area contributed by atoms with E-state index in [-0.39, 0.29) is 35.8 Å². The average Bonchev–Trinajstić information content (AvgIpc) is 3.04. The van der Waals surface area contributed by atoms with E-state index in [0.717, 1.165) is 36.7 Å². The molecule has 164 valence electrons. The third-order valence-corrected chi connectivity index (χ3v) is 5.39. The fraction of sp³-hybridized carbons (Fsp3) is 0.500. The van der Waals surface area contributed by atoms with Gasteiger partial charge in [0.05, 0.1) is 12.2 Å². The lowest BCUT2D eigenvalue weighted by atomic mass is 9.90. The highest BCUT2D eigenvalue weighted by Gasteiger charge is 2.24. The van der Waals surface area contributed by atoms with Crippen LogP contribution < -0.4 is 16.0 Å². The Kier molecular flexibility index (Phi) is 9.13. The molecule has 1 aromatic carbocycles. The van der Waals surface area contributed by atoms with Gasteiger partial charge in [0.25, 0.3) is 0 Å².